The Bertz CT molecular complexity index is 1220. The lowest BCUT2D eigenvalue weighted by molar-refractivity contribution is 0.208. The van der Waals surface area contributed by atoms with E-state index in [1.165, 1.54) is 12.1 Å². The van der Waals surface area contributed by atoms with Crippen LogP contribution in [0.15, 0.2) is 49.1 Å². The van der Waals surface area contributed by atoms with E-state index in [9.17, 15) is 9.18 Å². The third-order valence-corrected chi connectivity index (χ3v) is 5.38. The molecule has 0 aliphatic carbocycles. The van der Waals surface area contributed by atoms with E-state index in [1.807, 2.05) is 19.3 Å². The molecule has 31 heavy (non-hydrogen) atoms. The van der Waals surface area contributed by atoms with E-state index in [-0.39, 0.29) is 11.8 Å². The number of aromatic nitrogens is 5. The van der Waals surface area contributed by atoms with Crippen LogP contribution in [0.25, 0.3) is 22.3 Å². The molecule has 2 amide bonds. The maximum absolute atomic E-state index is 13.0. The van der Waals surface area contributed by atoms with Gasteiger partial charge in [-0.1, -0.05) is 0 Å². The average molecular weight is 420 g/mol. The largest absolute Gasteiger partial charge is 0.352 e. The first kappa shape index (κ1) is 19.0. The number of benzene rings is 1. The lowest BCUT2D eigenvalue weighted by atomic mass is 10.2. The minimum Gasteiger partial charge on any atom is -0.352 e. The van der Waals surface area contributed by atoms with E-state index >= 15 is 0 Å². The highest BCUT2D eigenvalue weighted by atomic mass is 19.1. The third kappa shape index (κ3) is 3.79. The number of piperazine rings is 1. The van der Waals surface area contributed by atoms with Gasteiger partial charge in [0, 0.05) is 50.7 Å². The highest BCUT2D eigenvalue weighted by Gasteiger charge is 2.24. The molecule has 0 radical (unpaired) electrons. The Morgan fingerprint density at radius 3 is 2.61 bits per heavy atom. The SMILES string of the molecule is Cn1cc(-c2cc3c(N4CCN(C(=O)Nc5ccc(F)cc5)CC4)ncnc3[nH]2)cn1. The molecular weight excluding hydrogens is 399 g/mol. The van der Waals surface area contributed by atoms with Crippen LogP contribution in [0.3, 0.4) is 0 Å². The number of carbonyl (C=O) groups is 1. The summed E-state index contributed by atoms with van der Waals surface area (Å²) in [6.07, 6.45) is 5.29. The van der Waals surface area contributed by atoms with Crippen molar-refractivity contribution < 1.29 is 9.18 Å². The number of carbonyl (C=O) groups excluding carboxylic acids is 1. The van der Waals surface area contributed by atoms with Crippen LogP contribution in [-0.2, 0) is 7.05 Å². The van der Waals surface area contributed by atoms with Crippen molar-refractivity contribution in [1.82, 2.24) is 29.6 Å². The summed E-state index contributed by atoms with van der Waals surface area (Å²) in [6.45, 7) is 2.41. The lowest BCUT2D eigenvalue weighted by Crippen LogP contribution is -2.50. The van der Waals surface area contributed by atoms with Crippen LogP contribution in [0.1, 0.15) is 0 Å². The van der Waals surface area contributed by atoms with Crippen LogP contribution in [0.2, 0.25) is 0 Å². The number of amides is 2. The summed E-state index contributed by atoms with van der Waals surface area (Å²) in [5.41, 5.74) is 3.25. The van der Waals surface area contributed by atoms with Crippen LogP contribution < -0.4 is 10.2 Å². The summed E-state index contributed by atoms with van der Waals surface area (Å²) in [7, 11) is 1.88. The van der Waals surface area contributed by atoms with Gasteiger partial charge >= 0.3 is 6.03 Å². The van der Waals surface area contributed by atoms with Crippen molar-refractivity contribution in [3.05, 3.63) is 54.9 Å². The quantitative estimate of drug-likeness (QED) is 0.532. The summed E-state index contributed by atoms with van der Waals surface area (Å²) < 4.78 is 14.8. The van der Waals surface area contributed by atoms with Gasteiger partial charge in [-0.15, -0.1) is 0 Å². The molecular formula is C21H21FN8O. The summed E-state index contributed by atoms with van der Waals surface area (Å²) in [5.74, 6) is 0.509. The van der Waals surface area contributed by atoms with E-state index in [4.69, 9.17) is 0 Å². The van der Waals surface area contributed by atoms with Crippen LogP contribution in [-0.4, -0.2) is 61.8 Å². The molecule has 0 unspecified atom stereocenters. The lowest BCUT2D eigenvalue weighted by Gasteiger charge is -2.35. The number of fused-ring (bicyclic) bond motifs is 1. The van der Waals surface area contributed by atoms with Gasteiger partial charge in [0.25, 0.3) is 0 Å². The molecule has 10 heteroatoms. The molecule has 4 heterocycles. The number of aryl methyl sites for hydroxylation is 1. The molecule has 1 aliphatic rings. The topological polar surface area (TPSA) is 95.0 Å². The highest BCUT2D eigenvalue weighted by Crippen LogP contribution is 2.29. The van der Waals surface area contributed by atoms with Gasteiger partial charge in [0.05, 0.1) is 17.3 Å². The fraction of sp³-hybridized carbons (Fsp3) is 0.238. The molecule has 1 aromatic carbocycles. The molecule has 5 rings (SSSR count). The normalized spacial score (nSPS) is 14.3. The Morgan fingerprint density at radius 1 is 1.13 bits per heavy atom. The molecule has 4 aromatic rings. The van der Waals surface area contributed by atoms with Gasteiger partial charge in [-0.05, 0) is 30.3 Å². The predicted octanol–water partition coefficient (Wildman–Crippen LogP) is 2.85. The van der Waals surface area contributed by atoms with Gasteiger partial charge in [-0.3, -0.25) is 4.68 Å². The Balaban J connectivity index is 1.29. The van der Waals surface area contributed by atoms with Gasteiger partial charge in [-0.25, -0.2) is 19.2 Å². The molecule has 0 atom stereocenters. The number of H-pyrrole nitrogens is 1. The summed E-state index contributed by atoms with van der Waals surface area (Å²) in [6, 6.07) is 7.59. The van der Waals surface area contributed by atoms with Crippen LogP contribution in [0.4, 0.5) is 20.7 Å². The average Bonchev–Trinajstić information content (AvgIpc) is 3.41. The maximum atomic E-state index is 13.0. The zero-order valence-corrected chi connectivity index (χ0v) is 16.9. The Morgan fingerprint density at radius 2 is 1.90 bits per heavy atom. The van der Waals surface area contributed by atoms with Gasteiger partial charge in [0.2, 0.25) is 0 Å². The first-order valence-electron chi connectivity index (χ1n) is 9.96. The van der Waals surface area contributed by atoms with Crippen LogP contribution in [0.5, 0.6) is 0 Å². The fourth-order valence-electron chi connectivity index (χ4n) is 3.75. The fourth-order valence-corrected chi connectivity index (χ4v) is 3.75. The van der Waals surface area contributed by atoms with Crippen molar-refractivity contribution in [2.45, 2.75) is 0 Å². The second-order valence-corrected chi connectivity index (χ2v) is 7.46. The van der Waals surface area contributed by atoms with E-state index in [2.05, 4.69) is 30.3 Å². The summed E-state index contributed by atoms with van der Waals surface area (Å²) >= 11 is 0. The number of aromatic amines is 1. The van der Waals surface area contributed by atoms with Crippen molar-refractivity contribution in [3.8, 4) is 11.3 Å². The standard InChI is InChI=1S/C21H21FN8O/c1-28-12-14(11-25-28)18-10-17-19(27-18)23-13-24-20(17)29-6-8-30(9-7-29)21(31)26-16-4-2-15(22)3-5-16/h2-5,10-13H,6-9H2,1H3,(H,26,31)(H,23,24,27). The van der Waals surface area contributed by atoms with Crippen molar-refractivity contribution in [3.63, 3.8) is 0 Å². The molecule has 1 aliphatic heterocycles. The molecule has 158 valence electrons. The van der Waals surface area contributed by atoms with Gasteiger partial charge in [0.1, 0.15) is 23.6 Å². The second-order valence-electron chi connectivity index (χ2n) is 7.46. The van der Waals surface area contributed by atoms with E-state index in [0.717, 1.165) is 28.1 Å². The zero-order chi connectivity index (χ0) is 21.4. The number of hydrogen-bond acceptors (Lipinski definition) is 5. The first-order valence-corrected chi connectivity index (χ1v) is 9.96. The summed E-state index contributed by atoms with van der Waals surface area (Å²) in [4.78, 5) is 28.6. The number of halogens is 1. The molecule has 3 aromatic heterocycles. The molecule has 1 saturated heterocycles. The molecule has 0 saturated carbocycles. The minimum atomic E-state index is -0.334. The van der Waals surface area contributed by atoms with E-state index < -0.39 is 0 Å². The Labute approximate surface area is 177 Å². The molecule has 1 fully saturated rings. The van der Waals surface area contributed by atoms with Gasteiger partial charge in [0.15, 0.2) is 0 Å². The summed E-state index contributed by atoms with van der Waals surface area (Å²) in [5, 5.41) is 7.97. The molecule has 9 nitrogen and oxygen atoms in total. The van der Waals surface area contributed by atoms with Crippen molar-refractivity contribution in [1.29, 1.82) is 0 Å². The minimum absolute atomic E-state index is 0.195. The van der Waals surface area contributed by atoms with Crippen molar-refractivity contribution in [2.24, 2.45) is 7.05 Å². The Hall–Kier alpha value is -3.95. The molecule has 0 spiro atoms. The number of nitrogens with one attached hydrogen (secondary N) is 2. The number of urea groups is 1. The number of nitrogens with zero attached hydrogens (tertiary/aromatic N) is 6. The maximum Gasteiger partial charge on any atom is 0.321 e. The molecule has 0 bridgehead atoms. The smallest absolute Gasteiger partial charge is 0.321 e. The first-order chi connectivity index (χ1) is 15.1. The van der Waals surface area contributed by atoms with E-state index in [1.54, 1.807) is 34.2 Å². The van der Waals surface area contributed by atoms with Gasteiger partial charge < -0.3 is 20.1 Å². The monoisotopic (exact) mass is 420 g/mol. The highest BCUT2D eigenvalue weighted by molar-refractivity contribution is 5.92. The van der Waals surface area contributed by atoms with Crippen LogP contribution in [0, 0.1) is 5.82 Å². The number of anilines is 2. The van der Waals surface area contributed by atoms with Crippen LogP contribution >= 0.6 is 0 Å². The third-order valence-electron chi connectivity index (χ3n) is 5.38. The van der Waals surface area contributed by atoms with Crippen molar-refractivity contribution in [2.75, 3.05) is 36.4 Å². The predicted molar refractivity (Wildman–Crippen MR) is 115 cm³/mol. The second kappa shape index (κ2) is 7.71. The number of hydrogen-bond donors (Lipinski definition) is 2. The van der Waals surface area contributed by atoms with Gasteiger partial charge in [-0.2, -0.15) is 5.10 Å². The Kier molecular flexibility index (Phi) is 4.73. The molecule has 2 N–H and O–H groups in total. The number of rotatable bonds is 3. The zero-order valence-electron chi connectivity index (χ0n) is 16.9. The van der Waals surface area contributed by atoms with Crippen molar-refractivity contribution >= 4 is 28.6 Å². The van der Waals surface area contributed by atoms with E-state index in [0.29, 0.717) is 31.9 Å².